The summed E-state index contributed by atoms with van der Waals surface area (Å²) in [4.78, 5) is 32.3. The fraction of sp³-hybridized carbons (Fsp3) is 0.273. The number of hydrogen-bond acceptors (Lipinski definition) is 5. The van der Waals surface area contributed by atoms with Crippen LogP contribution in [0.3, 0.4) is 0 Å². The van der Waals surface area contributed by atoms with E-state index < -0.39 is 22.2 Å². The van der Waals surface area contributed by atoms with E-state index in [0.717, 1.165) is 6.92 Å². The molecule has 0 saturated carbocycles. The van der Waals surface area contributed by atoms with E-state index in [0.29, 0.717) is 5.56 Å². The normalized spacial score (nSPS) is 13.7. The van der Waals surface area contributed by atoms with E-state index in [2.05, 4.69) is 0 Å². The Labute approximate surface area is 102 Å². The summed E-state index contributed by atoms with van der Waals surface area (Å²) in [6, 6.07) is 5.38. The van der Waals surface area contributed by atoms with Gasteiger partial charge < -0.3 is 10.8 Å². The smallest absolute Gasteiger partial charge is 0.331 e. The predicted molar refractivity (Wildman–Crippen MR) is 62.0 cm³/mol. The number of rotatable bonds is 5. The number of aliphatic carboxylic acids is 1. The van der Waals surface area contributed by atoms with E-state index in [-0.39, 0.29) is 12.1 Å². The highest BCUT2D eigenvalue weighted by molar-refractivity contribution is 6.06. The summed E-state index contributed by atoms with van der Waals surface area (Å²) >= 11 is 0. The van der Waals surface area contributed by atoms with Crippen molar-refractivity contribution in [1.29, 1.82) is 0 Å². The van der Waals surface area contributed by atoms with Crippen LogP contribution in [0.5, 0.6) is 0 Å². The predicted octanol–water partition coefficient (Wildman–Crippen LogP) is 0.508. The van der Waals surface area contributed by atoms with E-state index >= 15 is 0 Å². The van der Waals surface area contributed by atoms with Crippen LogP contribution in [-0.2, 0) is 16.0 Å². The zero-order valence-corrected chi connectivity index (χ0v) is 9.62. The second-order valence-corrected chi connectivity index (χ2v) is 3.94. The van der Waals surface area contributed by atoms with Crippen molar-refractivity contribution in [2.24, 2.45) is 5.73 Å². The van der Waals surface area contributed by atoms with Crippen LogP contribution >= 0.6 is 0 Å². The number of nitro groups is 1. The van der Waals surface area contributed by atoms with Crippen LogP contribution in [0.25, 0.3) is 0 Å². The highest BCUT2D eigenvalue weighted by Gasteiger charge is 2.39. The molecule has 1 unspecified atom stereocenters. The monoisotopic (exact) mass is 252 g/mol. The summed E-state index contributed by atoms with van der Waals surface area (Å²) < 4.78 is 0. The molecular weight excluding hydrogens is 240 g/mol. The molecule has 0 aromatic heterocycles. The van der Waals surface area contributed by atoms with Gasteiger partial charge in [-0.25, -0.2) is 4.79 Å². The third-order valence-corrected chi connectivity index (χ3v) is 2.61. The first-order chi connectivity index (χ1) is 8.27. The molecule has 0 aliphatic rings. The maximum Gasteiger partial charge on any atom is 0.331 e. The molecular formula is C11H12N2O5. The number of carboxylic acids is 1. The molecule has 0 saturated heterocycles. The Hall–Kier alpha value is -2.28. The lowest BCUT2D eigenvalue weighted by molar-refractivity contribution is -0.384. The van der Waals surface area contributed by atoms with Crippen molar-refractivity contribution in [3.63, 3.8) is 0 Å². The molecule has 1 aromatic rings. The SMILES string of the molecule is CC(=O)C(N)(Cc1cccc([N+](=O)[O-])c1)C(=O)O. The maximum absolute atomic E-state index is 11.3. The summed E-state index contributed by atoms with van der Waals surface area (Å²) in [6.07, 6.45) is -0.292. The number of non-ortho nitro benzene ring substituents is 1. The minimum atomic E-state index is -2.06. The lowest BCUT2D eigenvalue weighted by atomic mass is 9.88. The van der Waals surface area contributed by atoms with E-state index in [4.69, 9.17) is 10.8 Å². The Morgan fingerprint density at radius 2 is 2.11 bits per heavy atom. The summed E-state index contributed by atoms with van der Waals surface area (Å²) in [6.45, 7) is 1.07. The first-order valence-corrected chi connectivity index (χ1v) is 5.04. The first-order valence-electron chi connectivity index (χ1n) is 5.04. The van der Waals surface area contributed by atoms with Crippen molar-refractivity contribution in [3.8, 4) is 0 Å². The summed E-state index contributed by atoms with van der Waals surface area (Å²) in [7, 11) is 0. The van der Waals surface area contributed by atoms with Crippen molar-refractivity contribution < 1.29 is 19.6 Å². The van der Waals surface area contributed by atoms with E-state index in [1.807, 2.05) is 0 Å². The molecule has 7 nitrogen and oxygen atoms in total. The summed E-state index contributed by atoms with van der Waals surface area (Å²) in [5.74, 6) is -2.16. The molecule has 7 heteroatoms. The Morgan fingerprint density at radius 3 is 2.56 bits per heavy atom. The molecule has 0 spiro atoms. The van der Waals surface area contributed by atoms with Gasteiger partial charge in [0.1, 0.15) is 0 Å². The van der Waals surface area contributed by atoms with Crippen molar-refractivity contribution in [3.05, 3.63) is 39.9 Å². The van der Waals surface area contributed by atoms with Crippen LogP contribution in [0.1, 0.15) is 12.5 Å². The largest absolute Gasteiger partial charge is 0.480 e. The van der Waals surface area contributed by atoms with E-state index in [1.54, 1.807) is 0 Å². The zero-order chi connectivity index (χ0) is 13.9. The van der Waals surface area contributed by atoms with Gasteiger partial charge in [-0.2, -0.15) is 0 Å². The third kappa shape index (κ3) is 2.69. The van der Waals surface area contributed by atoms with Gasteiger partial charge in [0.05, 0.1) is 4.92 Å². The van der Waals surface area contributed by atoms with Gasteiger partial charge >= 0.3 is 5.97 Å². The zero-order valence-electron chi connectivity index (χ0n) is 9.62. The van der Waals surface area contributed by atoms with E-state index in [1.165, 1.54) is 24.3 Å². The van der Waals surface area contributed by atoms with Gasteiger partial charge in [-0.3, -0.25) is 14.9 Å². The van der Waals surface area contributed by atoms with Gasteiger partial charge in [0.15, 0.2) is 11.3 Å². The van der Waals surface area contributed by atoms with Gasteiger partial charge in [-0.15, -0.1) is 0 Å². The Kier molecular flexibility index (Phi) is 3.77. The molecule has 3 N–H and O–H groups in total. The third-order valence-electron chi connectivity index (χ3n) is 2.61. The van der Waals surface area contributed by atoms with Gasteiger partial charge in [0.2, 0.25) is 0 Å². The topological polar surface area (TPSA) is 124 Å². The molecule has 18 heavy (non-hydrogen) atoms. The van der Waals surface area contributed by atoms with Crippen LogP contribution in [0, 0.1) is 10.1 Å². The van der Waals surface area contributed by atoms with Crippen LogP contribution in [0.4, 0.5) is 5.69 Å². The van der Waals surface area contributed by atoms with Crippen LogP contribution < -0.4 is 5.73 Å². The average Bonchev–Trinajstić information content (AvgIpc) is 2.28. The highest BCUT2D eigenvalue weighted by Crippen LogP contribution is 2.18. The number of Topliss-reactive ketones (excluding diaryl/α,β-unsaturated/α-hetero) is 1. The van der Waals surface area contributed by atoms with Gasteiger partial charge in [-0.1, -0.05) is 12.1 Å². The number of carbonyl (C=O) groups excluding carboxylic acids is 1. The Bertz CT molecular complexity index is 498. The number of nitro benzene ring substituents is 1. The number of carbonyl (C=O) groups is 2. The minimum absolute atomic E-state index is 0.177. The lowest BCUT2D eigenvalue weighted by Crippen LogP contribution is -2.55. The van der Waals surface area contributed by atoms with Crippen molar-refractivity contribution >= 4 is 17.4 Å². The number of nitrogens with zero attached hydrogens (tertiary/aromatic N) is 1. The van der Waals surface area contributed by atoms with Crippen molar-refractivity contribution in [1.82, 2.24) is 0 Å². The Morgan fingerprint density at radius 1 is 1.50 bits per heavy atom. The molecule has 1 rings (SSSR count). The molecule has 1 aromatic carbocycles. The Balaban J connectivity index is 3.09. The molecule has 0 fully saturated rings. The number of benzene rings is 1. The molecule has 0 aliphatic heterocycles. The fourth-order valence-corrected chi connectivity index (χ4v) is 1.45. The highest BCUT2D eigenvalue weighted by atomic mass is 16.6. The lowest BCUT2D eigenvalue weighted by Gasteiger charge is -2.21. The average molecular weight is 252 g/mol. The summed E-state index contributed by atoms with van der Waals surface area (Å²) in [5.41, 5.74) is 3.61. The number of ketones is 1. The van der Waals surface area contributed by atoms with Crippen LogP contribution in [-0.4, -0.2) is 27.3 Å². The van der Waals surface area contributed by atoms with Crippen LogP contribution in [0.15, 0.2) is 24.3 Å². The second kappa shape index (κ2) is 4.92. The number of hydrogen-bond donors (Lipinski definition) is 2. The molecule has 0 amide bonds. The van der Waals surface area contributed by atoms with Gasteiger partial charge in [-0.05, 0) is 12.5 Å². The minimum Gasteiger partial charge on any atom is -0.480 e. The molecule has 96 valence electrons. The first kappa shape index (κ1) is 13.8. The second-order valence-electron chi connectivity index (χ2n) is 3.94. The maximum atomic E-state index is 11.3. The number of carboxylic acid groups (broad SMARTS) is 1. The molecule has 0 bridgehead atoms. The summed E-state index contributed by atoms with van der Waals surface area (Å²) in [5, 5.41) is 19.5. The standard InChI is InChI=1S/C11H12N2O5/c1-7(14)11(12,10(15)16)6-8-3-2-4-9(5-8)13(17)18/h2-5H,6,12H2,1H3,(H,15,16). The molecule has 0 aliphatic carbocycles. The van der Waals surface area contributed by atoms with Crippen molar-refractivity contribution in [2.45, 2.75) is 18.9 Å². The molecule has 1 atom stereocenters. The fourth-order valence-electron chi connectivity index (χ4n) is 1.45. The van der Waals surface area contributed by atoms with Gasteiger partial charge in [0, 0.05) is 18.6 Å². The van der Waals surface area contributed by atoms with Crippen molar-refractivity contribution in [2.75, 3.05) is 0 Å². The van der Waals surface area contributed by atoms with Crippen LogP contribution in [0.2, 0.25) is 0 Å². The quantitative estimate of drug-likeness (QED) is 0.447. The molecule has 0 heterocycles. The van der Waals surface area contributed by atoms with E-state index in [9.17, 15) is 19.7 Å². The molecule has 0 radical (unpaired) electrons. The number of nitrogens with two attached hydrogens (primary N) is 1. The van der Waals surface area contributed by atoms with Gasteiger partial charge in [0.25, 0.3) is 5.69 Å².